The quantitative estimate of drug-likeness (QED) is 0.203. The van der Waals surface area contributed by atoms with Crippen molar-refractivity contribution in [3.05, 3.63) is 15.5 Å². The Bertz CT molecular complexity index is 878. The fraction of sp³-hybridized carbons (Fsp3) is 0.850. The Labute approximate surface area is 203 Å². The molecular formula is C20H34F3IN2O4SSi. The van der Waals surface area contributed by atoms with Gasteiger partial charge in [-0.1, -0.05) is 40.0 Å². The lowest BCUT2D eigenvalue weighted by molar-refractivity contribution is -0.212. The van der Waals surface area contributed by atoms with E-state index in [4.69, 9.17) is 4.43 Å². The van der Waals surface area contributed by atoms with E-state index in [2.05, 4.69) is 39.0 Å². The topological polar surface area (TPSA) is 81.4 Å². The average Bonchev–Trinajstić information content (AvgIpc) is 3.01. The molecule has 6 nitrogen and oxygen atoms in total. The molecule has 2 rings (SSSR count). The van der Waals surface area contributed by atoms with Gasteiger partial charge < -0.3 is 4.43 Å². The van der Waals surface area contributed by atoms with Crippen LogP contribution in [0.25, 0.3) is 0 Å². The highest BCUT2D eigenvalue weighted by Crippen LogP contribution is 2.42. The van der Waals surface area contributed by atoms with Crippen LogP contribution >= 0.6 is 22.6 Å². The van der Waals surface area contributed by atoms with Gasteiger partial charge in [0.25, 0.3) is 10.1 Å². The molecule has 2 unspecified atom stereocenters. The van der Waals surface area contributed by atoms with Crippen LogP contribution < -0.4 is 0 Å². The lowest BCUT2D eigenvalue weighted by Crippen LogP contribution is -2.46. The maximum atomic E-state index is 13.1. The van der Waals surface area contributed by atoms with E-state index in [1.165, 1.54) is 0 Å². The predicted octanol–water partition coefficient (Wildman–Crippen LogP) is 6.64. The molecule has 0 bridgehead atoms. The molecule has 32 heavy (non-hydrogen) atoms. The Balaban J connectivity index is 2.32. The summed E-state index contributed by atoms with van der Waals surface area (Å²) in [6.07, 6.45) is 1.32. The molecule has 1 N–H and O–H groups in total. The molecule has 0 aromatic carbocycles. The smallest absolute Gasteiger partial charge is 0.414 e. The van der Waals surface area contributed by atoms with Crippen LogP contribution in [0.3, 0.4) is 0 Å². The molecule has 0 saturated heterocycles. The summed E-state index contributed by atoms with van der Waals surface area (Å²) in [7, 11) is -6.83. The van der Waals surface area contributed by atoms with Crippen molar-refractivity contribution in [2.45, 2.75) is 102 Å². The molecule has 1 heterocycles. The molecule has 2 atom stereocenters. The third-order valence-corrected chi connectivity index (χ3v) is 13.3. The molecule has 12 heteroatoms. The molecule has 1 aliphatic carbocycles. The van der Waals surface area contributed by atoms with E-state index in [1.807, 2.05) is 0 Å². The molecule has 0 amide bonds. The first-order chi connectivity index (χ1) is 14.4. The second kappa shape index (κ2) is 10.2. The van der Waals surface area contributed by atoms with Crippen LogP contribution in [0.2, 0.25) is 18.1 Å². The zero-order valence-corrected chi connectivity index (χ0v) is 23.2. The first-order valence-corrected chi connectivity index (χ1v) is 16.4. The van der Waals surface area contributed by atoms with Crippen molar-refractivity contribution in [2.75, 3.05) is 0 Å². The number of aromatic nitrogens is 2. The van der Waals surface area contributed by atoms with Crippen molar-refractivity contribution in [1.82, 2.24) is 9.78 Å². The Hall–Kier alpha value is -0.183. The number of halogens is 4. The monoisotopic (exact) mass is 610 g/mol. The van der Waals surface area contributed by atoms with Gasteiger partial charge in [0.05, 0.1) is 9.26 Å². The molecule has 0 radical (unpaired) electrons. The van der Waals surface area contributed by atoms with Gasteiger partial charge in [0.1, 0.15) is 5.25 Å². The molecule has 1 fully saturated rings. The van der Waals surface area contributed by atoms with Gasteiger partial charge >= 0.3 is 6.30 Å². The third-order valence-electron chi connectivity index (χ3n) is 6.76. The van der Waals surface area contributed by atoms with Crippen molar-refractivity contribution < 1.29 is 30.6 Å². The van der Waals surface area contributed by atoms with Gasteiger partial charge in [-0.05, 0) is 72.3 Å². The second-order valence-electron chi connectivity index (χ2n) is 10.2. The number of hydrogen-bond donors (Lipinski definition) is 1. The number of rotatable bonds is 8. The number of hydrogen-bond acceptors (Lipinski definition) is 4. The van der Waals surface area contributed by atoms with E-state index in [0.717, 1.165) is 38.3 Å². The van der Waals surface area contributed by atoms with E-state index in [0.29, 0.717) is 6.42 Å². The molecule has 1 aliphatic rings. The Kier molecular flexibility index (Phi) is 8.95. The molecule has 1 aromatic rings. The second-order valence-corrected chi connectivity index (χ2v) is 17.7. The minimum Gasteiger partial charge on any atom is -0.414 e. The molecular weight excluding hydrogens is 576 g/mol. The van der Waals surface area contributed by atoms with Gasteiger partial charge in [-0.25, -0.2) is 0 Å². The lowest BCUT2D eigenvalue weighted by atomic mass is 9.83. The van der Waals surface area contributed by atoms with E-state index in [9.17, 15) is 26.1 Å². The standard InChI is InChI=1S/C20H34F3IN2O4SSi/c1-19(2,3)32(4,5)30-16(14-9-7-6-8-10-14)11-12-17(31(27,28)29)18-15(24)13-26(25-18)20(21,22)23/h13-14,16-17H,6-12H2,1-5H3,(H,27,28,29). The SMILES string of the molecule is CC(C)(C)[Si](C)(C)OC(CCC(c1nn(C(F)(F)F)cc1I)S(=O)(=O)O)C1CCCCC1. The predicted molar refractivity (Wildman–Crippen MR) is 128 cm³/mol. The minimum absolute atomic E-state index is 0.0385. The fourth-order valence-electron chi connectivity index (χ4n) is 3.91. The maximum Gasteiger partial charge on any atom is 0.504 e. The zero-order chi connectivity index (χ0) is 24.5. The van der Waals surface area contributed by atoms with Crippen LogP contribution in [0, 0.1) is 9.49 Å². The fourth-order valence-corrected chi connectivity index (χ4v) is 7.18. The van der Waals surface area contributed by atoms with Gasteiger partial charge in [0.2, 0.25) is 0 Å². The maximum absolute atomic E-state index is 13.1. The van der Waals surface area contributed by atoms with Crippen LogP contribution in [-0.2, 0) is 20.8 Å². The Morgan fingerprint density at radius 3 is 2.22 bits per heavy atom. The highest BCUT2D eigenvalue weighted by atomic mass is 127. The molecule has 0 spiro atoms. The Morgan fingerprint density at radius 2 is 1.78 bits per heavy atom. The first kappa shape index (κ1) is 28.1. The largest absolute Gasteiger partial charge is 0.504 e. The van der Waals surface area contributed by atoms with Gasteiger partial charge in [-0.2, -0.15) is 18.2 Å². The van der Waals surface area contributed by atoms with Crippen molar-refractivity contribution in [1.29, 1.82) is 0 Å². The van der Waals surface area contributed by atoms with Crippen LogP contribution in [0.5, 0.6) is 0 Å². The average molecular weight is 611 g/mol. The van der Waals surface area contributed by atoms with Crippen molar-refractivity contribution in [3.8, 4) is 0 Å². The van der Waals surface area contributed by atoms with Crippen LogP contribution in [0.4, 0.5) is 13.2 Å². The van der Waals surface area contributed by atoms with E-state index < -0.39 is 30.0 Å². The summed E-state index contributed by atoms with van der Waals surface area (Å²) in [6.45, 7) is 10.7. The number of alkyl halides is 3. The van der Waals surface area contributed by atoms with Crippen molar-refractivity contribution in [2.24, 2.45) is 5.92 Å². The van der Waals surface area contributed by atoms with E-state index in [1.54, 1.807) is 22.6 Å². The van der Waals surface area contributed by atoms with Crippen molar-refractivity contribution >= 4 is 41.0 Å². The van der Waals surface area contributed by atoms with Crippen LogP contribution in [-0.4, -0.2) is 37.2 Å². The third kappa shape index (κ3) is 7.16. The minimum atomic E-state index is -4.77. The lowest BCUT2D eigenvalue weighted by Gasteiger charge is -2.42. The highest BCUT2D eigenvalue weighted by Gasteiger charge is 2.42. The van der Waals surface area contributed by atoms with Gasteiger partial charge in [-0.3, -0.25) is 4.55 Å². The molecule has 1 aromatic heterocycles. The summed E-state index contributed by atoms with van der Waals surface area (Å²) in [4.78, 5) is 0. The number of nitrogens with zero attached hydrogens (tertiary/aromatic N) is 2. The molecule has 186 valence electrons. The first-order valence-electron chi connectivity index (χ1n) is 10.9. The van der Waals surface area contributed by atoms with E-state index in [-0.39, 0.29) is 37.4 Å². The van der Waals surface area contributed by atoms with Gasteiger partial charge in [0.15, 0.2) is 8.32 Å². The van der Waals surface area contributed by atoms with E-state index >= 15 is 0 Å². The summed E-state index contributed by atoms with van der Waals surface area (Å²) < 4.78 is 79.9. The Morgan fingerprint density at radius 1 is 1.22 bits per heavy atom. The van der Waals surface area contributed by atoms with Crippen LogP contribution in [0.1, 0.15) is 76.7 Å². The normalized spacial score (nSPS) is 19.2. The zero-order valence-electron chi connectivity index (χ0n) is 19.2. The van der Waals surface area contributed by atoms with Crippen LogP contribution in [0.15, 0.2) is 6.20 Å². The summed E-state index contributed by atoms with van der Waals surface area (Å²) >= 11 is 1.63. The summed E-state index contributed by atoms with van der Waals surface area (Å²) in [5.41, 5.74) is -0.278. The van der Waals surface area contributed by atoms with Gasteiger partial charge in [-0.15, -0.1) is 13.2 Å². The summed E-state index contributed by atoms with van der Waals surface area (Å²) in [5, 5.41) is 1.89. The summed E-state index contributed by atoms with van der Waals surface area (Å²) in [6, 6.07) is 0. The molecule has 1 saturated carbocycles. The van der Waals surface area contributed by atoms with Crippen molar-refractivity contribution in [3.63, 3.8) is 0 Å². The summed E-state index contributed by atoms with van der Waals surface area (Å²) in [5.74, 6) is 0.270. The van der Waals surface area contributed by atoms with Gasteiger partial charge in [0, 0.05) is 12.3 Å². The highest BCUT2D eigenvalue weighted by molar-refractivity contribution is 14.1. The molecule has 0 aliphatic heterocycles.